The number of ether oxygens (including phenoxy) is 1. The van der Waals surface area contributed by atoms with E-state index >= 15 is 0 Å². The van der Waals surface area contributed by atoms with Gasteiger partial charge in [-0.2, -0.15) is 0 Å². The molecule has 1 saturated heterocycles. The monoisotopic (exact) mass is 366 g/mol. The molecule has 1 heterocycles. The first-order valence-electron chi connectivity index (χ1n) is 11.4. The standard InChI is InChI=1S/C24H30O3/c1-22-6-3-12(25)9-17(22)13-10-14(13)20-16(22)4-7-23(2)21(20)15-11-18(15)24(23)8-5-19(26)27-24/h9,13-16,18,20-21H,3-8,10-11H2,1-2H3/t13-,14+,15-,16+,18+,20-,21?,22-,23+,24+/m1/s1. The van der Waals surface area contributed by atoms with Gasteiger partial charge in [0.25, 0.3) is 0 Å². The van der Waals surface area contributed by atoms with Crippen molar-refractivity contribution in [2.45, 2.75) is 70.8 Å². The lowest BCUT2D eigenvalue weighted by Gasteiger charge is -2.60. The highest BCUT2D eigenvalue weighted by Crippen LogP contribution is 2.82. The smallest absolute Gasteiger partial charge is 0.306 e. The van der Waals surface area contributed by atoms with Gasteiger partial charge >= 0.3 is 5.97 Å². The predicted molar refractivity (Wildman–Crippen MR) is 99.5 cm³/mol. The van der Waals surface area contributed by atoms with Crippen LogP contribution >= 0.6 is 0 Å². The number of allylic oxidation sites excluding steroid dienone is 1. The molecule has 5 saturated carbocycles. The van der Waals surface area contributed by atoms with Crippen LogP contribution in [0.1, 0.15) is 65.2 Å². The van der Waals surface area contributed by atoms with Gasteiger partial charge in [0.1, 0.15) is 5.60 Å². The van der Waals surface area contributed by atoms with Gasteiger partial charge in [0.15, 0.2) is 5.78 Å². The van der Waals surface area contributed by atoms with Gasteiger partial charge in [0, 0.05) is 24.2 Å². The summed E-state index contributed by atoms with van der Waals surface area (Å²) in [5, 5.41) is 0. The van der Waals surface area contributed by atoms with Crippen LogP contribution in [0.5, 0.6) is 0 Å². The summed E-state index contributed by atoms with van der Waals surface area (Å²) in [6.45, 7) is 4.99. The number of carbonyl (C=O) groups excluding carboxylic acids is 2. The van der Waals surface area contributed by atoms with Gasteiger partial charge in [0.2, 0.25) is 0 Å². The predicted octanol–water partition coefficient (Wildman–Crippen LogP) is 4.31. The van der Waals surface area contributed by atoms with E-state index < -0.39 is 0 Å². The summed E-state index contributed by atoms with van der Waals surface area (Å²) in [6, 6.07) is 0. The zero-order valence-corrected chi connectivity index (χ0v) is 16.5. The Bertz CT molecular complexity index is 827. The Morgan fingerprint density at radius 2 is 1.85 bits per heavy atom. The number of hydrogen-bond acceptors (Lipinski definition) is 3. The van der Waals surface area contributed by atoms with Crippen molar-refractivity contribution < 1.29 is 14.3 Å². The second kappa shape index (κ2) is 4.39. The molecular formula is C24H30O3. The molecule has 0 aromatic heterocycles. The molecular weight excluding hydrogens is 336 g/mol. The zero-order valence-electron chi connectivity index (χ0n) is 16.5. The van der Waals surface area contributed by atoms with E-state index in [2.05, 4.69) is 19.9 Å². The maximum absolute atomic E-state index is 12.2. The minimum absolute atomic E-state index is 0.0561. The molecule has 27 heavy (non-hydrogen) atoms. The van der Waals surface area contributed by atoms with Crippen molar-refractivity contribution >= 4 is 11.8 Å². The van der Waals surface area contributed by atoms with Crippen molar-refractivity contribution in [3.63, 3.8) is 0 Å². The van der Waals surface area contributed by atoms with Crippen molar-refractivity contribution in [2.75, 3.05) is 0 Å². The average molecular weight is 367 g/mol. The summed E-state index contributed by atoms with van der Waals surface area (Å²) in [7, 11) is 0. The Morgan fingerprint density at radius 3 is 2.63 bits per heavy atom. The van der Waals surface area contributed by atoms with Crippen LogP contribution in [0.25, 0.3) is 0 Å². The molecule has 6 aliphatic carbocycles. The molecule has 7 rings (SSSR count). The Hall–Kier alpha value is -1.12. The summed E-state index contributed by atoms with van der Waals surface area (Å²) >= 11 is 0. The fourth-order valence-electron chi connectivity index (χ4n) is 9.74. The maximum Gasteiger partial charge on any atom is 0.306 e. The van der Waals surface area contributed by atoms with E-state index in [0.29, 0.717) is 24.0 Å². The topological polar surface area (TPSA) is 43.4 Å². The molecule has 1 unspecified atom stereocenters. The third-order valence-corrected chi connectivity index (χ3v) is 10.9. The first-order chi connectivity index (χ1) is 12.9. The van der Waals surface area contributed by atoms with Crippen LogP contribution in [0.2, 0.25) is 0 Å². The van der Waals surface area contributed by atoms with E-state index in [-0.39, 0.29) is 22.4 Å². The molecule has 0 amide bonds. The van der Waals surface area contributed by atoms with Crippen molar-refractivity contribution in [3.05, 3.63) is 11.6 Å². The Kier molecular flexibility index (Phi) is 2.56. The molecule has 144 valence electrons. The summed E-state index contributed by atoms with van der Waals surface area (Å²) < 4.78 is 6.22. The maximum atomic E-state index is 12.2. The lowest BCUT2D eigenvalue weighted by molar-refractivity contribution is -0.177. The van der Waals surface area contributed by atoms with Gasteiger partial charge in [-0.15, -0.1) is 0 Å². The van der Waals surface area contributed by atoms with Gasteiger partial charge in [-0.05, 0) is 85.5 Å². The summed E-state index contributed by atoms with van der Waals surface area (Å²) in [4.78, 5) is 24.3. The van der Waals surface area contributed by atoms with E-state index in [0.717, 1.165) is 48.9 Å². The van der Waals surface area contributed by atoms with Gasteiger partial charge in [-0.1, -0.05) is 19.4 Å². The first kappa shape index (κ1) is 15.8. The summed E-state index contributed by atoms with van der Waals surface area (Å²) in [6.07, 6.45) is 10.6. The molecule has 7 aliphatic rings. The van der Waals surface area contributed by atoms with Crippen LogP contribution in [-0.4, -0.2) is 17.4 Å². The lowest BCUT2D eigenvalue weighted by atomic mass is 9.45. The summed E-state index contributed by atoms with van der Waals surface area (Å²) in [5.41, 5.74) is 1.85. The number of rotatable bonds is 0. The van der Waals surface area contributed by atoms with Crippen LogP contribution in [0, 0.1) is 52.3 Å². The fraction of sp³-hybridized carbons (Fsp3) is 0.833. The highest BCUT2D eigenvalue weighted by Gasteiger charge is 2.81. The van der Waals surface area contributed by atoms with Crippen LogP contribution in [-0.2, 0) is 14.3 Å². The number of hydrogen-bond donors (Lipinski definition) is 0. The van der Waals surface area contributed by atoms with Crippen molar-refractivity contribution in [3.8, 4) is 0 Å². The molecule has 0 aromatic rings. The average Bonchev–Trinajstić information content (AvgIpc) is 3.53. The van der Waals surface area contributed by atoms with E-state index in [4.69, 9.17) is 4.74 Å². The minimum Gasteiger partial charge on any atom is -0.458 e. The minimum atomic E-state index is -0.131. The molecule has 0 N–H and O–H groups in total. The molecule has 3 nitrogen and oxygen atoms in total. The quantitative estimate of drug-likeness (QED) is 0.600. The number of ketones is 1. The largest absolute Gasteiger partial charge is 0.458 e. The third-order valence-electron chi connectivity index (χ3n) is 10.9. The third kappa shape index (κ3) is 1.58. The van der Waals surface area contributed by atoms with Gasteiger partial charge in [-0.25, -0.2) is 0 Å². The molecule has 10 atom stereocenters. The van der Waals surface area contributed by atoms with Crippen molar-refractivity contribution in [1.29, 1.82) is 0 Å². The Balaban J connectivity index is 1.33. The lowest BCUT2D eigenvalue weighted by Crippen LogP contribution is -2.57. The zero-order chi connectivity index (χ0) is 18.3. The highest BCUT2D eigenvalue weighted by atomic mass is 16.6. The number of esters is 1. The van der Waals surface area contributed by atoms with Crippen LogP contribution in [0.15, 0.2) is 11.6 Å². The molecule has 6 fully saturated rings. The fourth-order valence-corrected chi connectivity index (χ4v) is 9.74. The molecule has 0 radical (unpaired) electrons. The van der Waals surface area contributed by atoms with Gasteiger partial charge in [0.05, 0.1) is 0 Å². The van der Waals surface area contributed by atoms with E-state index in [1.807, 2.05) is 0 Å². The Morgan fingerprint density at radius 1 is 1.00 bits per heavy atom. The molecule has 1 spiro atoms. The van der Waals surface area contributed by atoms with E-state index in [1.54, 1.807) is 0 Å². The van der Waals surface area contributed by atoms with Crippen LogP contribution < -0.4 is 0 Å². The SMILES string of the molecule is C[C@]12CCC(=O)C=C1[C@@H]1C[C@@H]1[C@H]1C3[C@@H]4C[C@@H]4[C@@]4(CCC(=O)O4)[C@@]3(C)CC[C@@H]12. The molecule has 0 aromatic carbocycles. The summed E-state index contributed by atoms with van der Waals surface area (Å²) in [5.74, 6) is 5.65. The molecule has 1 aliphatic heterocycles. The van der Waals surface area contributed by atoms with Crippen molar-refractivity contribution in [2.24, 2.45) is 52.3 Å². The van der Waals surface area contributed by atoms with Crippen molar-refractivity contribution in [1.82, 2.24) is 0 Å². The van der Waals surface area contributed by atoms with E-state index in [1.165, 1.54) is 31.3 Å². The van der Waals surface area contributed by atoms with Crippen LogP contribution in [0.3, 0.4) is 0 Å². The number of carbonyl (C=O) groups is 2. The second-order valence-electron chi connectivity index (χ2n) is 11.5. The number of fused-ring (bicyclic) bond motifs is 12. The van der Waals surface area contributed by atoms with Gasteiger partial charge in [-0.3, -0.25) is 9.59 Å². The molecule has 3 heteroatoms. The normalized spacial score (nSPS) is 62.0. The Labute approximate surface area is 161 Å². The molecule has 0 bridgehead atoms. The van der Waals surface area contributed by atoms with Gasteiger partial charge < -0.3 is 4.74 Å². The van der Waals surface area contributed by atoms with Crippen LogP contribution in [0.4, 0.5) is 0 Å². The van der Waals surface area contributed by atoms with E-state index in [9.17, 15) is 9.59 Å². The second-order valence-corrected chi connectivity index (χ2v) is 11.5. The highest BCUT2D eigenvalue weighted by molar-refractivity contribution is 5.92. The first-order valence-corrected chi connectivity index (χ1v) is 11.4.